The Kier molecular flexibility index (Phi) is 4.07. The molecule has 1 aromatic heterocycles. The number of hydrogen-bond donors (Lipinski definition) is 4. The van der Waals surface area contributed by atoms with Gasteiger partial charge in [-0.3, -0.25) is 15.1 Å². The van der Waals surface area contributed by atoms with E-state index in [1.54, 1.807) is 24.3 Å². The number of aromatic nitrogens is 1. The number of para-hydroxylation sites is 2. The molecule has 6 N–H and O–H groups in total. The van der Waals surface area contributed by atoms with Gasteiger partial charge >= 0.3 is 0 Å². The number of hydrogen-bond acceptors (Lipinski definition) is 4. The van der Waals surface area contributed by atoms with Crippen LogP contribution in [-0.4, -0.2) is 23.9 Å². The molecule has 0 fully saturated rings. The van der Waals surface area contributed by atoms with Crippen molar-refractivity contribution in [3.63, 3.8) is 0 Å². The van der Waals surface area contributed by atoms with Crippen molar-refractivity contribution in [3.8, 4) is 11.5 Å². The van der Waals surface area contributed by atoms with Crippen molar-refractivity contribution in [2.75, 3.05) is 12.8 Å². The van der Waals surface area contributed by atoms with Crippen LogP contribution in [0.25, 0.3) is 10.9 Å². The van der Waals surface area contributed by atoms with E-state index in [1.165, 1.54) is 7.05 Å². The van der Waals surface area contributed by atoms with Gasteiger partial charge < -0.3 is 21.2 Å². The summed E-state index contributed by atoms with van der Waals surface area (Å²) in [6.07, 6.45) is 0. The van der Waals surface area contributed by atoms with Crippen molar-refractivity contribution >= 4 is 28.5 Å². The number of nitrogens with two attached hydrogens (primary N) is 2. The Balaban J connectivity index is 1.86. The molecule has 2 aromatic carbocycles. The first-order valence-electron chi connectivity index (χ1n) is 7.25. The largest absolute Gasteiger partial charge is 0.455 e. The first kappa shape index (κ1) is 15.4. The van der Waals surface area contributed by atoms with Crippen molar-refractivity contribution in [1.29, 1.82) is 0 Å². The highest BCUT2D eigenvalue weighted by atomic mass is 16.5. The summed E-state index contributed by atoms with van der Waals surface area (Å²) in [5.74, 6) is 0.892. The molecule has 0 saturated heterocycles. The van der Waals surface area contributed by atoms with Gasteiger partial charge in [-0.05, 0) is 30.3 Å². The molecule has 1 heterocycles. The van der Waals surface area contributed by atoms with Crippen LogP contribution in [0.1, 0.15) is 10.5 Å². The Bertz CT molecular complexity index is 930. The maximum atomic E-state index is 12.1. The molecule has 3 aromatic rings. The third kappa shape index (κ3) is 3.14. The van der Waals surface area contributed by atoms with Crippen LogP contribution < -0.4 is 21.5 Å². The second-order valence-electron chi connectivity index (χ2n) is 5.13. The number of guanidine groups is 1. The second-order valence-corrected chi connectivity index (χ2v) is 5.13. The van der Waals surface area contributed by atoms with Gasteiger partial charge in [0.25, 0.3) is 5.91 Å². The zero-order valence-corrected chi connectivity index (χ0v) is 13.0. The Morgan fingerprint density at radius 2 is 2.00 bits per heavy atom. The first-order valence-corrected chi connectivity index (χ1v) is 7.25. The van der Waals surface area contributed by atoms with Crippen LogP contribution in [0, 0.1) is 0 Å². The summed E-state index contributed by atoms with van der Waals surface area (Å²) in [5, 5.41) is 3.35. The normalized spacial score (nSPS) is 11.5. The number of carbonyl (C=O) groups is 1. The minimum absolute atomic E-state index is 0.0576. The quantitative estimate of drug-likeness (QED) is 0.336. The Morgan fingerprint density at radius 1 is 1.21 bits per heavy atom. The number of anilines is 1. The van der Waals surface area contributed by atoms with Crippen LogP contribution in [0.15, 0.2) is 53.5 Å². The van der Waals surface area contributed by atoms with Crippen molar-refractivity contribution < 1.29 is 9.53 Å². The van der Waals surface area contributed by atoms with Crippen LogP contribution in [0.5, 0.6) is 11.5 Å². The molecular weight excluding hydrogens is 306 g/mol. The molecule has 0 aliphatic heterocycles. The molecule has 7 heteroatoms. The van der Waals surface area contributed by atoms with Gasteiger partial charge in [-0.15, -0.1) is 0 Å². The number of H-pyrrole nitrogens is 1. The van der Waals surface area contributed by atoms with Gasteiger partial charge in [0, 0.05) is 24.0 Å². The molecule has 0 radical (unpaired) electrons. The topological polar surface area (TPSA) is 119 Å². The van der Waals surface area contributed by atoms with E-state index in [1.807, 2.05) is 24.3 Å². The molecule has 0 saturated carbocycles. The number of fused-ring (bicyclic) bond motifs is 1. The van der Waals surface area contributed by atoms with Crippen molar-refractivity contribution in [2.45, 2.75) is 0 Å². The summed E-state index contributed by atoms with van der Waals surface area (Å²) in [5.41, 5.74) is 13.1. The van der Waals surface area contributed by atoms with Gasteiger partial charge in [-0.2, -0.15) is 0 Å². The number of nitrogens with zero attached hydrogens (tertiary/aromatic N) is 1. The van der Waals surface area contributed by atoms with Crippen molar-refractivity contribution in [3.05, 3.63) is 54.2 Å². The Hall–Kier alpha value is -3.48. The van der Waals surface area contributed by atoms with E-state index in [9.17, 15) is 4.79 Å². The number of amides is 1. The average Bonchev–Trinajstić information content (AvgIpc) is 3.00. The number of ether oxygens (including phenoxy) is 1. The van der Waals surface area contributed by atoms with E-state index >= 15 is 0 Å². The monoisotopic (exact) mass is 323 g/mol. The lowest BCUT2D eigenvalue weighted by Gasteiger charge is -2.07. The molecule has 0 aliphatic rings. The second kappa shape index (κ2) is 6.33. The zero-order valence-electron chi connectivity index (χ0n) is 13.0. The molecule has 0 aliphatic carbocycles. The number of carbonyl (C=O) groups excluding carboxylic acids is 1. The molecule has 7 nitrogen and oxygen atoms in total. The third-order valence-electron chi connectivity index (χ3n) is 3.47. The van der Waals surface area contributed by atoms with Crippen molar-refractivity contribution in [1.82, 2.24) is 10.3 Å². The highest BCUT2D eigenvalue weighted by Gasteiger charge is 2.11. The lowest BCUT2D eigenvalue weighted by atomic mass is 10.2. The van der Waals surface area contributed by atoms with Crippen LogP contribution >= 0.6 is 0 Å². The molecule has 0 atom stereocenters. The standard InChI is InChI=1S/C17H17N5O2/c1-20-17(19)22-16(23)14-8-10-6-7-11(9-13(10)21-14)24-15-5-3-2-4-12(15)18/h2-9,21H,18H2,1H3,(H3,19,20,22,23). The SMILES string of the molecule is CN=C(N)NC(=O)c1cc2ccc(Oc3ccccc3N)cc2[nH]1. The molecule has 0 bridgehead atoms. The van der Waals surface area contributed by atoms with E-state index < -0.39 is 0 Å². The molecule has 0 unspecified atom stereocenters. The van der Waals surface area contributed by atoms with E-state index in [2.05, 4.69) is 15.3 Å². The lowest BCUT2D eigenvalue weighted by Crippen LogP contribution is -2.36. The summed E-state index contributed by atoms with van der Waals surface area (Å²) in [6, 6.07) is 14.4. The highest BCUT2D eigenvalue weighted by Crippen LogP contribution is 2.29. The summed E-state index contributed by atoms with van der Waals surface area (Å²) < 4.78 is 5.78. The van der Waals surface area contributed by atoms with E-state index in [-0.39, 0.29) is 11.9 Å². The molecule has 1 amide bonds. The van der Waals surface area contributed by atoms with Crippen LogP contribution in [0.4, 0.5) is 5.69 Å². The number of rotatable bonds is 3. The third-order valence-corrected chi connectivity index (χ3v) is 3.47. The average molecular weight is 323 g/mol. The van der Waals surface area contributed by atoms with Gasteiger partial charge in [-0.1, -0.05) is 12.1 Å². The van der Waals surface area contributed by atoms with Crippen LogP contribution in [-0.2, 0) is 0 Å². The van der Waals surface area contributed by atoms with Gasteiger partial charge in [0.1, 0.15) is 17.2 Å². The van der Waals surface area contributed by atoms with Gasteiger partial charge in [0.2, 0.25) is 0 Å². The molecular formula is C17H17N5O2. The summed E-state index contributed by atoms with van der Waals surface area (Å²) >= 11 is 0. The smallest absolute Gasteiger partial charge is 0.274 e. The lowest BCUT2D eigenvalue weighted by molar-refractivity contribution is 0.0972. The maximum Gasteiger partial charge on any atom is 0.274 e. The fourth-order valence-electron chi connectivity index (χ4n) is 2.23. The summed E-state index contributed by atoms with van der Waals surface area (Å²) in [6.45, 7) is 0. The van der Waals surface area contributed by atoms with E-state index in [4.69, 9.17) is 16.2 Å². The van der Waals surface area contributed by atoms with Gasteiger partial charge in [0.15, 0.2) is 5.96 Å². The minimum Gasteiger partial charge on any atom is -0.455 e. The number of nitrogens with one attached hydrogen (secondary N) is 2. The summed E-state index contributed by atoms with van der Waals surface area (Å²) in [4.78, 5) is 18.8. The highest BCUT2D eigenvalue weighted by molar-refractivity contribution is 6.06. The van der Waals surface area contributed by atoms with E-state index in [0.29, 0.717) is 22.9 Å². The maximum absolute atomic E-state index is 12.1. The van der Waals surface area contributed by atoms with Crippen LogP contribution in [0.2, 0.25) is 0 Å². The number of benzene rings is 2. The fraction of sp³-hybridized carbons (Fsp3) is 0.0588. The first-order chi connectivity index (χ1) is 11.6. The van der Waals surface area contributed by atoms with E-state index in [0.717, 1.165) is 10.9 Å². The Morgan fingerprint density at radius 3 is 2.75 bits per heavy atom. The zero-order chi connectivity index (χ0) is 17.1. The Labute approximate surface area is 138 Å². The number of aliphatic imine (C=N–C) groups is 1. The summed E-state index contributed by atoms with van der Waals surface area (Å²) in [7, 11) is 1.50. The molecule has 0 spiro atoms. The predicted octanol–water partition coefficient (Wildman–Crippen LogP) is 2.22. The van der Waals surface area contributed by atoms with Gasteiger partial charge in [-0.25, -0.2) is 0 Å². The number of nitrogen functional groups attached to an aromatic ring is 1. The molecule has 24 heavy (non-hydrogen) atoms. The van der Waals surface area contributed by atoms with Crippen molar-refractivity contribution in [2.24, 2.45) is 10.7 Å². The molecule has 122 valence electrons. The predicted molar refractivity (Wildman–Crippen MR) is 94.2 cm³/mol. The van der Waals surface area contributed by atoms with Gasteiger partial charge in [0.05, 0.1) is 5.69 Å². The molecule has 3 rings (SSSR count). The fourth-order valence-corrected chi connectivity index (χ4v) is 2.23. The minimum atomic E-state index is -0.357. The van der Waals surface area contributed by atoms with Crippen LogP contribution in [0.3, 0.4) is 0 Å². The number of aromatic amines is 1.